The summed E-state index contributed by atoms with van der Waals surface area (Å²) in [4.78, 5) is 19.5. The van der Waals surface area contributed by atoms with Gasteiger partial charge >= 0.3 is 0 Å². The van der Waals surface area contributed by atoms with Crippen LogP contribution < -0.4 is 5.32 Å². The molecule has 1 atom stereocenters. The molecule has 0 bridgehead atoms. The average molecular weight is 465 g/mol. The van der Waals surface area contributed by atoms with Gasteiger partial charge in [-0.05, 0) is 53.5 Å². The molecule has 6 rings (SSSR count). The van der Waals surface area contributed by atoms with Crippen LogP contribution >= 0.6 is 11.3 Å². The van der Waals surface area contributed by atoms with E-state index in [4.69, 9.17) is 5.10 Å². The van der Waals surface area contributed by atoms with Gasteiger partial charge in [-0.3, -0.25) is 4.79 Å². The van der Waals surface area contributed by atoms with Crippen LogP contribution in [0.4, 0.5) is 0 Å². The maximum absolute atomic E-state index is 13.7. The maximum Gasteiger partial charge on any atom is 0.272 e. The highest BCUT2D eigenvalue weighted by Crippen LogP contribution is 2.34. The lowest BCUT2D eigenvalue weighted by Gasteiger charge is -2.26. The van der Waals surface area contributed by atoms with E-state index in [2.05, 4.69) is 52.1 Å². The molecule has 0 aliphatic heterocycles. The van der Waals surface area contributed by atoms with Crippen molar-refractivity contribution in [1.29, 1.82) is 0 Å². The number of carbonyl (C=O) groups is 1. The molecule has 0 spiro atoms. The summed E-state index contributed by atoms with van der Waals surface area (Å²) < 4.78 is 1.85. The Labute approximate surface area is 202 Å². The second-order valence-corrected chi connectivity index (χ2v) is 9.59. The highest BCUT2D eigenvalue weighted by Gasteiger charge is 2.26. The molecule has 1 aliphatic rings. The van der Waals surface area contributed by atoms with E-state index in [0.29, 0.717) is 12.2 Å². The Morgan fingerprint density at radius 2 is 1.88 bits per heavy atom. The third kappa shape index (κ3) is 3.80. The fourth-order valence-corrected chi connectivity index (χ4v) is 5.65. The van der Waals surface area contributed by atoms with Crippen LogP contribution in [0.25, 0.3) is 21.5 Å². The lowest BCUT2D eigenvalue weighted by atomic mass is 9.87. The summed E-state index contributed by atoms with van der Waals surface area (Å²) in [7, 11) is 0. The van der Waals surface area contributed by atoms with Crippen molar-refractivity contribution in [2.24, 2.45) is 0 Å². The van der Waals surface area contributed by atoms with Gasteiger partial charge in [0.05, 0.1) is 18.0 Å². The van der Waals surface area contributed by atoms with Crippen LogP contribution in [0.5, 0.6) is 0 Å². The number of aromatic nitrogens is 3. The smallest absolute Gasteiger partial charge is 0.272 e. The van der Waals surface area contributed by atoms with Crippen molar-refractivity contribution in [3.05, 3.63) is 107 Å². The first-order valence-corrected chi connectivity index (χ1v) is 12.5. The van der Waals surface area contributed by atoms with Crippen molar-refractivity contribution in [2.45, 2.75) is 31.8 Å². The van der Waals surface area contributed by atoms with Crippen molar-refractivity contribution in [1.82, 2.24) is 20.1 Å². The predicted octanol–water partition coefficient (Wildman–Crippen LogP) is 6.02. The molecule has 6 heteroatoms. The molecule has 0 radical (unpaired) electrons. The summed E-state index contributed by atoms with van der Waals surface area (Å²) >= 11 is 1.65. The van der Waals surface area contributed by atoms with Crippen molar-refractivity contribution >= 4 is 28.3 Å². The quantitative estimate of drug-likeness (QED) is 0.346. The SMILES string of the molecule is O=C(NC1CCCc2ccccc21)c1nn(Cc2ccccc2)c2nccc(-c3cccs3)c12. The van der Waals surface area contributed by atoms with E-state index >= 15 is 0 Å². The van der Waals surface area contributed by atoms with Gasteiger partial charge in [-0.1, -0.05) is 60.7 Å². The minimum atomic E-state index is -0.149. The van der Waals surface area contributed by atoms with Gasteiger partial charge in [0.25, 0.3) is 5.91 Å². The highest BCUT2D eigenvalue weighted by molar-refractivity contribution is 7.13. The number of thiophene rings is 1. The molecule has 0 fully saturated rings. The lowest BCUT2D eigenvalue weighted by molar-refractivity contribution is 0.0928. The second-order valence-electron chi connectivity index (χ2n) is 8.64. The number of fused-ring (bicyclic) bond motifs is 2. The zero-order chi connectivity index (χ0) is 22.9. The molecule has 1 aliphatic carbocycles. The highest BCUT2D eigenvalue weighted by atomic mass is 32.1. The topological polar surface area (TPSA) is 59.8 Å². The molecule has 34 heavy (non-hydrogen) atoms. The molecule has 0 saturated heterocycles. The molecule has 1 unspecified atom stereocenters. The van der Waals surface area contributed by atoms with Gasteiger partial charge in [0.1, 0.15) is 0 Å². The number of amides is 1. The van der Waals surface area contributed by atoms with Crippen molar-refractivity contribution in [3.8, 4) is 10.4 Å². The lowest BCUT2D eigenvalue weighted by Crippen LogP contribution is -2.31. The Kier molecular flexibility index (Phi) is 5.43. The molecule has 3 heterocycles. The van der Waals surface area contributed by atoms with Crippen molar-refractivity contribution in [2.75, 3.05) is 0 Å². The van der Waals surface area contributed by atoms with Gasteiger partial charge in [-0.15, -0.1) is 11.3 Å². The number of rotatable bonds is 5. The summed E-state index contributed by atoms with van der Waals surface area (Å²) in [6.07, 6.45) is 4.86. The van der Waals surface area contributed by atoms with Crippen molar-refractivity contribution in [3.63, 3.8) is 0 Å². The summed E-state index contributed by atoms with van der Waals surface area (Å²) in [5, 5.41) is 11.0. The van der Waals surface area contributed by atoms with Gasteiger partial charge in [0, 0.05) is 16.6 Å². The Bertz CT molecular complexity index is 1460. The van der Waals surface area contributed by atoms with Gasteiger partial charge in [-0.25, -0.2) is 9.67 Å². The molecule has 5 nitrogen and oxygen atoms in total. The van der Waals surface area contributed by atoms with Gasteiger partial charge < -0.3 is 5.32 Å². The largest absolute Gasteiger partial charge is 0.344 e. The molecule has 1 amide bonds. The minimum absolute atomic E-state index is 0.00590. The van der Waals surface area contributed by atoms with Crippen molar-refractivity contribution < 1.29 is 4.79 Å². The third-order valence-electron chi connectivity index (χ3n) is 6.48. The Morgan fingerprint density at radius 3 is 2.74 bits per heavy atom. The van der Waals surface area contributed by atoms with Gasteiger partial charge in [-0.2, -0.15) is 5.10 Å². The number of aryl methyl sites for hydroxylation is 1. The van der Waals surface area contributed by atoms with E-state index in [1.54, 1.807) is 17.5 Å². The van der Waals surface area contributed by atoms with Crippen LogP contribution in [0.15, 0.2) is 84.4 Å². The number of benzene rings is 2. The molecule has 168 valence electrons. The predicted molar refractivity (Wildman–Crippen MR) is 136 cm³/mol. The Hall–Kier alpha value is -3.77. The van der Waals surface area contributed by atoms with E-state index in [9.17, 15) is 4.79 Å². The van der Waals surface area contributed by atoms with E-state index in [-0.39, 0.29) is 11.9 Å². The number of carbonyl (C=O) groups excluding carboxylic acids is 1. The Balaban J connectivity index is 1.44. The Morgan fingerprint density at radius 1 is 1.03 bits per heavy atom. The summed E-state index contributed by atoms with van der Waals surface area (Å²) in [6.45, 7) is 0.553. The maximum atomic E-state index is 13.7. The number of nitrogens with one attached hydrogen (secondary N) is 1. The number of nitrogens with zero attached hydrogens (tertiary/aromatic N) is 3. The molecule has 1 N–H and O–H groups in total. The van der Waals surface area contributed by atoms with Crippen LogP contribution in [-0.4, -0.2) is 20.7 Å². The first kappa shape index (κ1) is 20.8. The summed E-state index contributed by atoms with van der Waals surface area (Å²) in [6, 6.07) is 24.6. The summed E-state index contributed by atoms with van der Waals surface area (Å²) in [5.74, 6) is -0.149. The first-order chi connectivity index (χ1) is 16.8. The fraction of sp³-hybridized carbons (Fsp3) is 0.179. The summed E-state index contributed by atoms with van der Waals surface area (Å²) in [5.41, 5.74) is 5.80. The molecule has 0 saturated carbocycles. The molecule has 3 aromatic heterocycles. The monoisotopic (exact) mass is 464 g/mol. The zero-order valence-corrected chi connectivity index (χ0v) is 19.5. The van der Waals surface area contributed by atoms with Crippen LogP contribution in [0.3, 0.4) is 0 Å². The fourth-order valence-electron chi connectivity index (χ4n) is 4.89. The molecule has 2 aromatic carbocycles. The zero-order valence-electron chi connectivity index (χ0n) is 18.6. The van der Waals surface area contributed by atoms with E-state index < -0.39 is 0 Å². The van der Waals surface area contributed by atoms with E-state index in [0.717, 1.165) is 46.3 Å². The molecular weight excluding hydrogens is 440 g/mol. The van der Waals surface area contributed by atoms with Crippen LogP contribution in [0.2, 0.25) is 0 Å². The third-order valence-corrected chi connectivity index (χ3v) is 7.39. The van der Waals surface area contributed by atoms with Crippen LogP contribution in [-0.2, 0) is 13.0 Å². The standard InChI is InChI=1S/C28H24N4OS/c33-28(30-23-13-6-11-20-10-4-5-12-21(20)23)26-25-22(24-14-7-17-34-24)15-16-29-27(25)32(31-26)18-19-8-2-1-3-9-19/h1-5,7-10,12,14-17,23H,6,11,13,18H2,(H,30,33). The number of hydrogen-bond acceptors (Lipinski definition) is 4. The normalized spacial score (nSPS) is 15.2. The first-order valence-electron chi connectivity index (χ1n) is 11.6. The van der Waals surface area contributed by atoms with Crippen LogP contribution in [0.1, 0.15) is 46.1 Å². The minimum Gasteiger partial charge on any atom is -0.344 e. The van der Waals surface area contributed by atoms with E-state index in [1.165, 1.54) is 11.1 Å². The number of hydrogen-bond donors (Lipinski definition) is 1. The van der Waals surface area contributed by atoms with Crippen LogP contribution in [0, 0.1) is 0 Å². The van der Waals surface area contributed by atoms with Gasteiger partial charge in [0.15, 0.2) is 11.3 Å². The molecule has 5 aromatic rings. The second kappa shape index (κ2) is 8.88. The van der Waals surface area contributed by atoms with Gasteiger partial charge in [0.2, 0.25) is 0 Å². The molecular formula is C28H24N4OS. The average Bonchev–Trinajstić information content (AvgIpc) is 3.54. The number of pyridine rings is 1. The van der Waals surface area contributed by atoms with E-state index in [1.807, 2.05) is 41.1 Å².